The van der Waals surface area contributed by atoms with Gasteiger partial charge in [-0.25, -0.2) is 4.98 Å². The van der Waals surface area contributed by atoms with E-state index in [-0.39, 0.29) is 23.7 Å². The number of rotatable bonds is 5. The smallest absolute Gasteiger partial charge is 0.227 e. The molecular weight excluding hydrogens is 347 g/mol. The SMILES string of the molecule is Cc1nc(CC(=O)NCc2ccc(Cl)cc2Cl)sc1C(=O)[O-]. The molecule has 0 saturated carbocycles. The molecule has 0 saturated heterocycles. The van der Waals surface area contributed by atoms with Crippen molar-refractivity contribution in [3.8, 4) is 0 Å². The highest BCUT2D eigenvalue weighted by atomic mass is 35.5. The number of carbonyl (C=O) groups excluding carboxylic acids is 2. The topological polar surface area (TPSA) is 82.1 Å². The summed E-state index contributed by atoms with van der Waals surface area (Å²) >= 11 is 12.8. The molecule has 1 aromatic carbocycles. The number of halogens is 2. The average Bonchev–Trinajstić information content (AvgIpc) is 2.78. The highest BCUT2D eigenvalue weighted by Gasteiger charge is 2.12. The van der Waals surface area contributed by atoms with Crippen LogP contribution in [0.3, 0.4) is 0 Å². The third-order valence-corrected chi connectivity index (χ3v) is 4.55. The first kappa shape index (κ1) is 16.7. The lowest BCUT2D eigenvalue weighted by molar-refractivity contribution is -0.254. The number of benzene rings is 1. The zero-order valence-corrected chi connectivity index (χ0v) is 13.8. The molecule has 1 heterocycles. The van der Waals surface area contributed by atoms with E-state index in [2.05, 4.69) is 10.3 Å². The molecule has 0 aliphatic heterocycles. The quantitative estimate of drug-likeness (QED) is 0.886. The maximum atomic E-state index is 11.9. The van der Waals surface area contributed by atoms with E-state index in [0.717, 1.165) is 16.9 Å². The Morgan fingerprint density at radius 3 is 2.68 bits per heavy atom. The van der Waals surface area contributed by atoms with Gasteiger partial charge in [0.1, 0.15) is 5.01 Å². The monoisotopic (exact) mass is 357 g/mol. The fourth-order valence-corrected chi connectivity index (χ4v) is 3.15. The number of amides is 1. The van der Waals surface area contributed by atoms with Crippen molar-refractivity contribution in [2.75, 3.05) is 0 Å². The Bertz CT molecular complexity index is 731. The standard InChI is InChI=1S/C14H12Cl2N2O3S/c1-7-13(14(20)21)22-12(18-7)5-11(19)17-6-8-2-3-9(15)4-10(8)16/h2-4H,5-6H2,1H3,(H,17,19)(H,20,21)/p-1. The number of nitrogens with one attached hydrogen (secondary N) is 1. The summed E-state index contributed by atoms with van der Waals surface area (Å²) in [7, 11) is 0. The number of carbonyl (C=O) groups is 2. The van der Waals surface area contributed by atoms with Crippen LogP contribution in [0.15, 0.2) is 18.2 Å². The van der Waals surface area contributed by atoms with Crippen LogP contribution in [0.2, 0.25) is 10.0 Å². The number of aryl methyl sites for hydroxylation is 1. The van der Waals surface area contributed by atoms with E-state index in [1.807, 2.05) is 0 Å². The first-order valence-corrected chi connectivity index (χ1v) is 7.82. The molecule has 0 atom stereocenters. The minimum atomic E-state index is -1.28. The Kier molecular flexibility index (Phi) is 5.39. The van der Waals surface area contributed by atoms with Gasteiger partial charge in [-0.15, -0.1) is 11.3 Å². The molecule has 116 valence electrons. The van der Waals surface area contributed by atoms with Crippen LogP contribution < -0.4 is 10.4 Å². The van der Waals surface area contributed by atoms with Gasteiger partial charge in [-0.2, -0.15) is 0 Å². The maximum absolute atomic E-state index is 11.9. The Morgan fingerprint density at radius 2 is 2.09 bits per heavy atom. The van der Waals surface area contributed by atoms with E-state index in [9.17, 15) is 14.7 Å². The molecular formula is C14H11Cl2N2O3S-. The van der Waals surface area contributed by atoms with Crippen LogP contribution in [0.5, 0.6) is 0 Å². The molecule has 0 spiro atoms. The number of nitrogens with zero attached hydrogens (tertiary/aromatic N) is 1. The fourth-order valence-electron chi connectivity index (χ4n) is 1.78. The lowest BCUT2D eigenvalue weighted by atomic mass is 10.2. The summed E-state index contributed by atoms with van der Waals surface area (Å²) in [5.41, 5.74) is 1.10. The van der Waals surface area contributed by atoms with Gasteiger partial charge in [0, 0.05) is 16.6 Å². The minimum Gasteiger partial charge on any atom is -0.544 e. The Balaban J connectivity index is 1.96. The van der Waals surface area contributed by atoms with Crippen LogP contribution >= 0.6 is 34.5 Å². The van der Waals surface area contributed by atoms with Crippen molar-refractivity contribution in [1.82, 2.24) is 10.3 Å². The van der Waals surface area contributed by atoms with Crippen molar-refractivity contribution in [3.05, 3.63) is 49.4 Å². The summed E-state index contributed by atoms with van der Waals surface area (Å²) in [5.74, 6) is -1.56. The molecule has 2 rings (SSSR count). The molecule has 1 N–H and O–H groups in total. The summed E-state index contributed by atoms with van der Waals surface area (Å²) in [6.07, 6.45) is 0.00396. The molecule has 0 aliphatic carbocycles. The van der Waals surface area contributed by atoms with Gasteiger partial charge in [0.2, 0.25) is 5.91 Å². The largest absolute Gasteiger partial charge is 0.544 e. The van der Waals surface area contributed by atoms with Crippen LogP contribution in [0, 0.1) is 6.92 Å². The van der Waals surface area contributed by atoms with Crippen LogP contribution in [0.25, 0.3) is 0 Å². The highest BCUT2D eigenvalue weighted by molar-refractivity contribution is 7.13. The average molecular weight is 358 g/mol. The van der Waals surface area contributed by atoms with Crippen molar-refractivity contribution >= 4 is 46.4 Å². The molecule has 8 heteroatoms. The molecule has 0 radical (unpaired) electrons. The zero-order valence-electron chi connectivity index (χ0n) is 11.5. The van der Waals surface area contributed by atoms with Gasteiger partial charge < -0.3 is 15.2 Å². The van der Waals surface area contributed by atoms with Crippen LogP contribution in [0.1, 0.15) is 25.9 Å². The molecule has 5 nitrogen and oxygen atoms in total. The van der Waals surface area contributed by atoms with Crippen molar-refractivity contribution < 1.29 is 14.7 Å². The number of carboxylic acid groups (broad SMARTS) is 1. The van der Waals surface area contributed by atoms with Crippen molar-refractivity contribution in [2.45, 2.75) is 19.9 Å². The van der Waals surface area contributed by atoms with Gasteiger partial charge in [-0.05, 0) is 24.6 Å². The first-order chi connectivity index (χ1) is 10.4. The van der Waals surface area contributed by atoms with Crippen LogP contribution in [-0.2, 0) is 17.8 Å². The Labute approximate surface area is 140 Å². The number of aromatic carboxylic acids is 1. The van der Waals surface area contributed by atoms with E-state index in [1.54, 1.807) is 25.1 Å². The minimum absolute atomic E-state index is 0.00396. The predicted molar refractivity (Wildman–Crippen MR) is 83.2 cm³/mol. The molecule has 1 aromatic heterocycles. The van der Waals surface area contributed by atoms with Gasteiger partial charge in [0.15, 0.2) is 0 Å². The Morgan fingerprint density at radius 1 is 1.36 bits per heavy atom. The second-order valence-corrected chi connectivity index (χ2v) is 6.43. The van der Waals surface area contributed by atoms with Crippen LogP contribution in [-0.4, -0.2) is 16.9 Å². The molecule has 2 aromatic rings. The summed E-state index contributed by atoms with van der Waals surface area (Å²) in [4.78, 5) is 26.8. The summed E-state index contributed by atoms with van der Waals surface area (Å²) in [6, 6.07) is 5.01. The van der Waals surface area contributed by atoms with Crippen LogP contribution in [0.4, 0.5) is 0 Å². The van der Waals surface area contributed by atoms with Gasteiger partial charge in [0.25, 0.3) is 0 Å². The van der Waals surface area contributed by atoms with E-state index in [4.69, 9.17) is 23.2 Å². The molecule has 0 fully saturated rings. The third kappa shape index (κ3) is 4.19. The molecule has 1 amide bonds. The van der Waals surface area contributed by atoms with Crippen molar-refractivity contribution in [2.24, 2.45) is 0 Å². The zero-order chi connectivity index (χ0) is 16.3. The molecule has 22 heavy (non-hydrogen) atoms. The lowest BCUT2D eigenvalue weighted by Crippen LogP contribution is -2.24. The molecule has 0 unspecified atom stereocenters. The lowest BCUT2D eigenvalue weighted by Gasteiger charge is -2.06. The highest BCUT2D eigenvalue weighted by Crippen LogP contribution is 2.21. The predicted octanol–water partition coefficient (Wildman–Crippen LogP) is 1.98. The first-order valence-electron chi connectivity index (χ1n) is 6.25. The van der Waals surface area contributed by atoms with E-state index in [1.165, 1.54) is 0 Å². The maximum Gasteiger partial charge on any atom is 0.227 e. The van der Waals surface area contributed by atoms with E-state index >= 15 is 0 Å². The summed E-state index contributed by atoms with van der Waals surface area (Å²) in [6.45, 7) is 1.82. The number of hydrogen-bond acceptors (Lipinski definition) is 5. The van der Waals surface area contributed by atoms with E-state index < -0.39 is 5.97 Å². The fraction of sp³-hybridized carbons (Fsp3) is 0.214. The number of thiazole rings is 1. The number of carboxylic acids is 1. The van der Waals surface area contributed by atoms with Gasteiger partial charge >= 0.3 is 0 Å². The second-order valence-electron chi connectivity index (χ2n) is 4.50. The molecule has 0 bridgehead atoms. The summed E-state index contributed by atoms with van der Waals surface area (Å²) in [5, 5.41) is 15.0. The van der Waals surface area contributed by atoms with E-state index in [0.29, 0.717) is 20.7 Å². The van der Waals surface area contributed by atoms with Crippen molar-refractivity contribution in [1.29, 1.82) is 0 Å². The summed E-state index contributed by atoms with van der Waals surface area (Å²) < 4.78 is 0. The third-order valence-electron chi connectivity index (χ3n) is 2.83. The van der Waals surface area contributed by atoms with Gasteiger partial charge in [-0.3, -0.25) is 4.79 Å². The molecule has 0 aliphatic rings. The second kappa shape index (κ2) is 7.09. The Hall–Kier alpha value is -1.63. The van der Waals surface area contributed by atoms with Gasteiger partial charge in [0.05, 0.1) is 23.0 Å². The number of aromatic nitrogens is 1. The number of hydrogen-bond donors (Lipinski definition) is 1. The van der Waals surface area contributed by atoms with Crippen molar-refractivity contribution in [3.63, 3.8) is 0 Å². The van der Waals surface area contributed by atoms with Gasteiger partial charge in [-0.1, -0.05) is 29.3 Å². The normalized spacial score (nSPS) is 10.5.